The van der Waals surface area contributed by atoms with Crippen LogP contribution in [0.15, 0.2) is 29.3 Å². The van der Waals surface area contributed by atoms with Crippen molar-refractivity contribution in [3.63, 3.8) is 0 Å². The lowest BCUT2D eigenvalue weighted by molar-refractivity contribution is 0.0999. The smallest absolute Gasteiger partial charge is 0.274 e. The molecular weight excluding hydrogens is 368 g/mol. The van der Waals surface area contributed by atoms with E-state index in [0.717, 1.165) is 28.3 Å². The van der Waals surface area contributed by atoms with E-state index in [1.807, 2.05) is 0 Å². The second-order valence-corrected chi connectivity index (χ2v) is 9.01. The van der Waals surface area contributed by atoms with Crippen molar-refractivity contribution in [2.45, 2.75) is 12.3 Å². The minimum absolute atomic E-state index is 0.145. The highest BCUT2D eigenvalue weighted by atomic mass is 32.2. The van der Waals surface area contributed by atoms with E-state index in [1.165, 1.54) is 4.57 Å². The maximum atomic E-state index is 12.4. The fourth-order valence-electron chi connectivity index (χ4n) is 3.61. The molecule has 0 fully saturated rings. The van der Waals surface area contributed by atoms with E-state index in [1.54, 1.807) is 31.6 Å². The van der Waals surface area contributed by atoms with Crippen molar-refractivity contribution < 1.29 is 13.2 Å². The normalized spacial score (nSPS) is 13.1. The number of aromatic amines is 1. The molecule has 1 aliphatic rings. The highest BCUT2D eigenvalue weighted by Crippen LogP contribution is 2.39. The molecule has 2 aromatic heterocycles. The van der Waals surface area contributed by atoms with Crippen molar-refractivity contribution in [2.75, 3.05) is 11.6 Å². The van der Waals surface area contributed by atoms with E-state index in [0.29, 0.717) is 23.3 Å². The Morgan fingerprint density at radius 1 is 1.30 bits per heavy atom. The first-order valence-electron chi connectivity index (χ1n) is 8.24. The minimum Gasteiger partial charge on any atom is -0.380 e. The molecule has 27 heavy (non-hydrogen) atoms. The van der Waals surface area contributed by atoms with E-state index >= 15 is 0 Å². The van der Waals surface area contributed by atoms with E-state index in [2.05, 4.69) is 10.3 Å². The Morgan fingerprint density at radius 3 is 2.70 bits per heavy atom. The Labute approximate surface area is 154 Å². The van der Waals surface area contributed by atoms with Gasteiger partial charge in [0, 0.05) is 60.0 Å². The summed E-state index contributed by atoms with van der Waals surface area (Å²) in [5.41, 5.74) is 9.42. The van der Waals surface area contributed by atoms with Crippen molar-refractivity contribution in [3.05, 3.63) is 51.6 Å². The first-order chi connectivity index (χ1) is 12.7. The monoisotopic (exact) mass is 386 g/mol. The fraction of sp³-hybridized carbons (Fsp3) is 0.222. The van der Waals surface area contributed by atoms with Gasteiger partial charge in [0.25, 0.3) is 5.56 Å². The number of hydrogen-bond acceptors (Lipinski definition) is 5. The Kier molecular flexibility index (Phi) is 3.67. The molecule has 0 unspecified atom stereocenters. The SMILES string of the molecule is Cn1cc2c3c(c[nH]c3c1=O)CNc1cc(C(N)=O)c(CS(C)(=O)=O)cc1-2. The van der Waals surface area contributed by atoms with Crippen molar-refractivity contribution >= 4 is 32.3 Å². The number of sulfone groups is 1. The van der Waals surface area contributed by atoms with Gasteiger partial charge in [0.1, 0.15) is 5.52 Å². The zero-order valence-corrected chi connectivity index (χ0v) is 15.6. The number of amides is 1. The number of aryl methyl sites for hydroxylation is 1. The van der Waals surface area contributed by atoms with Crippen LogP contribution >= 0.6 is 0 Å². The molecule has 1 amide bonds. The number of rotatable bonds is 3. The number of nitrogens with two attached hydrogens (primary N) is 1. The summed E-state index contributed by atoms with van der Waals surface area (Å²) in [5, 5.41) is 4.05. The lowest BCUT2D eigenvalue weighted by Gasteiger charge is -2.15. The predicted molar refractivity (Wildman–Crippen MR) is 103 cm³/mol. The molecule has 0 spiro atoms. The van der Waals surface area contributed by atoms with Gasteiger partial charge in [0.2, 0.25) is 5.91 Å². The number of carbonyl (C=O) groups is 1. The van der Waals surface area contributed by atoms with Crippen molar-refractivity contribution in [1.82, 2.24) is 9.55 Å². The molecule has 0 atom stereocenters. The van der Waals surface area contributed by atoms with Crippen LogP contribution in [0.25, 0.3) is 22.0 Å². The first-order valence-corrected chi connectivity index (χ1v) is 10.3. The van der Waals surface area contributed by atoms with Gasteiger partial charge in [-0.3, -0.25) is 9.59 Å². The number of hydrogen-bond donors (Lipinski definition) is 3. The summed E-state index contributed by atoms with van der Waals surface area (Å²) in [6, 6.07) is 3.26. The van der Waals surface area contributed by atoms with Crippen LogP contribution < -0.4 is 16.6 Å². The van der Waals surface area contributed by atoms with E-state index in [9.17, 15) is 18.0 Å². The van der Waals surface area contributed by atoms with Gasteiger partial charge in [-0.2, -0.15) is 0 Å². The molecule has 1 aliphatic heterocycles. The standard InChI is InChI=1S/C18H18N4O4S/c1-22-7-13-12-3-9(8-27(2,25)26)11(17(19)23)4-14(12)20-5-10-6-21-16(15(10)13)18(22)24/h3-4,6-7,20-21H,5,8H2,1-2H3,(H2,19,23). The third kappa shape index (κ3) is 2.80. The van der Waals surface area contributed by atoms with Gasteiger partial charge in [-0.1, -0.05) is 0 Å². The maximum absolute atomic E-state index is 12.4. The second-order valence-electron chi connectivity index (χ2n) is 6.87. The predicted octanol–water partition coefficient (Wildman–Crippen LogP) is 1.10. The molecule has 8 nitrogen and oxygen atoms in total. The highest BCUT2D eigenvalue weighted by Gasteiger charge is 2.23. The number of benzene rings is 1. The topological polar surface area (TPSA) is 127 Å². The van der Waals surface area contributed by atoms with Gasteiger partial charge < -0.3 is 20.6 Å². The Bertz CT molecular complexity index is 1280. The maximum Gasteiger partial charge on any atom is 0.274 e. The van der Waals surface area contributed by atoms with Gasteiger partial charge >= 0.3 is 0 Å². The first kappa shape index (κ1) is 17.3. The van der Waals surface area contributed by atoms with Gasteiger partial charge in [-0.15, -0.1) is 0 Å². The lowest BCUT2D eigenvalue weighted by atomic mass is 9.96. The van der Waals surface area contributed by atoms with Gasteiger partial charge in [-0.25, -0.2) is 8.42 Å². The summed E-state index contributed by atoms with van der Waals surface area (Å²) in [5.74, 6) is -0.985. The van der Waals surface area contributed by atoms with Crippen LogP contribution in [0.3, 0.4) is 0 Å². The summed E-state index contributed by atoms with van der Waals surface area (Å²) in [6.45, 7) is 0.455. The van der Waals surface area contributed by atoms with E-state index < -0.39 is 15.7 Å². The van der Waals surface area contributed by atoms with Crippen molar-refractivity contribution in [2.24, 2.45) is 12.8 Å². The molecule has 9 heteroatoms. The number of aromatic nitrogens is 2. The van der Waals surface area contributed by atoms with Crippen LogP contribution in [0.1, 0.15) is 21.5 Å². The zero-order valence-electron chi connectivity index (χ0n) is 14.8. The molecule has 3 aromatic rings. The molecule has 140 valence electrons. The van der Waals surface area contributed by atoms with Crippen molar-refractivity contribution in [1.29, 1.82) is 0 Å². The van der Waals surface area contributed by atoms with Gasteiger partial charge in [0.05, 0.1) is 5.75 Å². The van der Waals surface area contributed by atoms with E-state index in [-0.39, 0.29) is 16.9 Å². The van der Waals surface area contributed by atoms with Crippen LogP contribution in [-0.4, -0.2) is 30.1 Å². The van der Waals surface area contributed by atoms with Crippen LogP contribution in [-0.2, 0) is 29.2 Å². The minimum atomic E-state index is -3.37. The number of anilines is 1. The molecule has 1 aromatic carbocycles. The molecule has 4 N–H and O–H groups in total. The number of H-pyrrole nitrogens is 1. The van der Waals surface area contributed by atoms with E-state index in [4.69, 9.17) is 5.73 Å². The summed E-state index contributed by atoms with van der Waals surface area (Å²) >= 11 is 0. The van der Waals surface area contributed by atoms with Gasteiger partial charge in [-0.05, 0) is 23.3 Å². The number of nitrogens with zero attached hydrogens (tertiary/aromatic N) is 1. The number of primary amides is 1. The summed E-state index contributed by atoms with van der Waals surface area (Å²) < 4.78 is 25.2. The zero-order chi connectivity index (χ0) is 19.5. The molecule has 3 heterocycles. The molecule has 0 aliphatic carbocycles. The summed E-state index contributed by atoms with van der Waals surface area (Å²) in [4.78, 5) is 27.3. The Hall–Kier alpha value is -3.07. The third-order valence-electron chi connectivity index (χ3n) is 4.77. The van der Waals surface area contributed by atoms with Gasteiger partial charge in [0.15, 0.2) is 9.84 Å². The van der Waals surface area contributed by atoms with Crippen LogP contribution in [0, 0.1) is 0 Å². The lowest BCUT2D eigenvalue weighted by Crippen LogP contribution is -2.17. The van der Waals surface area contributed by atoms with Crippen molar-refractivity contribution in [3.8, 4) is 11.1 Å². The second kappa shape index (κ2) is 5.71. The molecule has 0 saturated carbocycles. The largest absolute Gasteiger partial charge is 0.380 e. The van der Waals surface area contributed by atoms with Crippen LogP contribution in [0.4, 0.5) is 5.69 Å². The number of fused-ring (bicyclic) bond motifs is 2. The average Bonchev–Trinajstić information content (AvgIpc) is 2.93. The number of pyridine rings is 1. The Balaban J connectivity index is 2.08. The summed E-state index contributed by atoms with van der Waals surface area (Å²) in [6.07, 6.45) is 4.61. The summed E-state index contributed by atoms with van der Waals surface area (Å²) in [7, 11) is -1.72. The molecule has 0 saturated heterocycles. The fourth-order valence-corrected chi connectivity index (χ4v) is 4.42. The molecule has 0 radical (unpaired) electrons. The molecule has 4 rings (SSSR count). The highest BCUT2D eigenvalue weighted by molar-refractivity contribution is 7.89. The molecular formula is C18H18N4O4S. The Morgan fingerprint density at radius 2 is 2.04 bits per heavy atom. The number of carbonyl (C=O) groups excluding carboxylic acids is 1. The van der Waals surface area contributed by atoms with Crippen LogP contribution in [0.5, 0.6) is 0 Å². The molecule has 0 bridgehead atoms. The number of nitrogens with one attached hydrogen (secondary N) is 2. The average molecular weight is 386 g/mol. The quantitative estimate of drug-likeness (QED) is 0.621. The third-order valence-corrected chi connectivity index (χ3v) is 5.61. The van der Waals surface area contributed by atoms with Crippen LogP contribution in [0.2, 0.25) is 0 Å².